The van der Waals surface area contributed by atoms with Gasteiger partial charge in [0, 0.05) is 4.11 Å². The topological polar surface area (TPSA) is 0 Å². The van der Waals surface area contributed by atoms with Crippen molar-refractivity contribution in [2.24, 2.45) is 0 Å². The summed E-state index contributed by atoms with van der Waals surface area (Å²) in [7, 11) is 0. The molecule has 0 nitrogen and oxygen atoms in total. The highest BCUT2D eigenvalue weighted by Gasteiger charge is 2.18. The number of aryl methyl sites for hydroxylation is 1. The quantitative estimate of drug-likeness (QED) is 0.638. The third-order valence-electron chi connectivity index (χ3n) is 3.30. The van der Waals surface area contributed by atoms with Gasteiger partial charge in [0.05, 0.1) is 0 Å². The minimum absolute atomic E-state index is 0.0884. The Morgan fingerprint density at radius 3 is 2.22 bits per heavy atom. The highest BCUT2D eigenvalue weighted by Crippen LogP contribution is 2.33. The summed E-state index contributed by atoms with van der Waals surface area (Å²) < 4.78 is 23.2. The van der Waals surface area contributed by atoms with Gasteiger partial charge in [0.2, 0.25) is 0 Å². The Balaban J connectivity index is 2.76. The first kappa shape index (κ1) is 9.38. The van der Waals surface area contributed by atoms with Crippen molar-refractivity contribution >= 4 is 0 Å². The summed E-state index contributed by atoms with van der Waals surface area (Å²) in [4.78, 5) is 0. The van der Waals surface area contributed by atoms with Gasteiger partial charge in [-0.2, -0.15) is 0 Å². The number of rotatable bonds is 1. The van der Waals surface area contributed by atoms with E-state index in [-0.39, 0.29) is 5.41 Å². The predicted molar refractivity (Wildman–Crippen MR) is 80.1 cm³/mol. The first-order chi connectivity index (χ1) is 9.60. The van der Waals surface area contributed by atoms with Crippen LogP contribution in [0.2, 0.25) is 0 Å². The molecule has 2 aromatic rings. The zero-order chi connectivity index (χ0) is 15.8. The molecular weight excluding hydrogens is 216 g/mol. The van der Waals surface area contributed by atoms with Gasteiger partial charge in [-0.25, -0.2) is 0 Å². The maximum Gasteiger partial charge on any atom is 0.0280 e. The van der Waals surface area contributed by atoms with E-state index in [9.17, 15) is 0 Å². The van der Waals surface area contributed by atoms with Gasteiger partial charge in [0.1, 0.15) is 0 Å². The van der Waals surface area contributed by atoms with Crippen molar-refractivity contribution in [2.75, 3.05) is 0 Å². The molecule has 0 spiro atoms. The first-order valence-corrected chi connectivity index (χ1v) is 6.32. The van der Waals surface area contributed by atoms with Crippen LogP contribution in [0.15, 0.2) is 42.5 Å². The van der Waals surface area contributed by atoms with Gasteiger partial charge in [0.15, 0.2) is 0 Å². The van der Waals surface area contributed by atoms with E-state index in [1.807, 2.05) is 42.5 Å². The molecule has 0 saturated carbocycles. The van der Waals surface area contributed by atoms with Crippen molar-refractivity contribution in [1.82, 2.24) is 0 Å². The van der Waals surface area contributed by atoms with Crippen LogP contribution in [0, 0.1) is 13.8 Å². The van der Waals surface area contributed by atoms with E-state index in [2.05, 4.69) is 27.7 Å². The minimum Gasteiger partial charge on any atom is -0.0622 e. The van der Waals surface area contributed by atoms with E-state index in [1.54, 1.807) is 0 Å². The molecule has 0 heteroatoms. The summed E-state index contributed by atoms with van der Waals surface area (Å²) in [5, 5.41) is 0. The first-order valence-electron chi connectivity index (χ1n) is 7.82. The monoisotopic (exact) mass is 241 g/mol. The molecule has 0 amide bonds. The zero-order valence-electron chi connectivity index (χ0n) is 14.5. The number of benzene rings is 2. The van der Waals surface area contributed by atoms with Crippen LogP contribution in [0.4, 0.5) is 0 Å². The van der Waals surface area contributed by atoms with Gasteiger partial charge in [-0.05, 0) is 41.4 Å². The molecule has 0 unspecified atom stereocenters. The van der Waals surface area contributed by atoms with Crippen molar-refractivity contribution in [3.63, 3.8) is 0 Å². The Morgan fingerprint density at radius 1 is 1.00 bits per heavy atom. The Bertz CT molecular complexity index is 632. The summed E-state index contributed by atoms with van der Waals surface area (Å²) in [6.45, 7) is 6.34. The van der Waals surface area contributed by atoms with Gasteiger partial charge in [0.25, 0.3) is 0 Å². The normalized spacial score (nSPS) is 14.8. The third kappa shape index (κ3) is 2.48. The Morgan fingerprint density at radius 2 is 1.67 bits per heavy atom. The molecule has 94 valence electrons. The van der Waals surface area contributed by atoms with Gasteiger partial charge in [-0.3, -0.25) is 0 Å². The number of hydrogen-bond donors (Lipinski definition) is 0. The molecule has 0 bridgehead atoms. The highest BCUT2D eigenvalue weighted by atomic mass is 14.2. The summed E-state index contributed by atoms with van der Waals surface area (Å²) in [6, 6.07) is 13.6. The Kier molecular flexibility index (Phi) is 2.40. The maximum atomic E-state index is 7.74. The summed E-state index contributed by atoms with van der Waals surface area (Å²) in [6.07, 6.45) is 0. The van der Waals surface area contributed by atoms with Gasteiger partial charge in [-0.15, -0.1) is 0 Å². The number of hydrogen-bond acceptors (Lipinski definition) is 0. The molecule has 0 aliphatic rings. The van der Waals surface area contributed by atoms with E-state index in [0.717, 1.165) is 22.3 Å². The van der Waals surface area contributed by atoms with Crippen LogP contribution >= 0.6 is 0 Å². The average Bonchev–Trinajstić information content (AvgIpc) is 2.37. The fourth-order valence-corrected chi connectivity index (χ4v) is 2.41. The highest BCUT2D eigenvalue weighted by molar-refractivity contribution is 5.70. The molecule has 0 aromatic heterocycles. The van der Waals surface area contributed by atoms with Crippen molar-refractivity contribution in [3.8, 4) is 11.1 Å². The summed E-state index contributed by atoms with van der Waals surface area (Å²) in [5.74, 6) is 0. The lowest BCUT2D eigenvalue weighted by atomic mass is 9.80. The molecule has 0 N–H and O–H groups in total. The molecule has 0 fully saturated rings. The second kappa shape index (κ2) is 4.61. The molecule has 18 heavy (non-hydrogen) atoms. The summed E-state index contributed by atoms with van der Waals surface area (Å²) in [5.41, 5.74) is 4.64. The average molecular weight is 241 g/mol. The van der Waals surface area contributed by atoms with Crippen molar-refractivity contribution < 1.29 is 4.11 Å². The fourth-order valence-electron chi connectivity index (χ4n) is 2.41. The van der Waals surface area contributed by atoms with Crippen LogP contribution in [0.1, 0.15) is 41.6 Å². The molecule has 0 aliphatic carbocycles. The van der Waals surface area contributed by atoms with Crippen LogP contribution in [0.5, 0.6) is 0 Å². The molecule has 0 radical (unpaired) electrons. The van der Waals surface area contributed by atoms with E-state index < -0.39 is 6.85 Å². The van der Waals surface area contributed by atoms with E-state index >= 15 is 0 Å². The standard InChI is InChI=1S/C18H22/c1-13-11-16(15-9-7-6-8-10-15)14(2)17(12-13)18(3,4)5/h6-12H,1-5H3/i1D3. The van der Waals surface area contributed by atoms with Gasteiger partial charge in [-0.1, -0.05) is 68.8 Å². The molecule has 0 aliphatic heterocycles. The fraction of sp³-hybridized carbons (Fsp3) is 0.333. The zero-order valence-corrected chi connectivity index (χ0v) is 11.5. The lowest BCUT2D eigenvalue weighted by Gasteiger charge is -2.24. The molecule has 0 heterocycles. The van der Waals surface area contributed by atoms with E-state index in [4.69, 9.17) is 4.11 Å². The Labute approximate surface area is 115 Å². The molecule has 0 saturated heterocycles. The van der Waals surface area contributed by atoms with Gasteiger partial charge >= 0.3 is 0 Å². The van der Waals surface area contributed by atoms with Crippen molar-refractivity contribution in [3.05, 3.63) is 59.2 Å². The molecule has 2 rings (SSSR count). The predicted octanol–water partition coefficient (Wildman–Crippen LogP) is 5.27. The molecule has 2 aromatic carbocycles. The molecule has 0 atom stereocenters. The lowest BCUT2D eigenvalue weighted by Crippen LogP contribution is -2.14. The largest absolute Gasteiger partial charge is 0.0622 e. The maximum absolute atomic E-state index is 7.74. The molecular formula is C18H22. The van der Waals surface area contributed by atoms with Crippen molar-refractivity contribution in [1.29, 1.82) is 0 Å². The van der Waals surface area contributed by atoms with Crippen LogP contribution in [-0.2, 0) is 5.41 Å². The Hall–Kier alpha value is -1.56. The third-order valence-corrected chi connectivity index (χ3v) is 3.30. The lowest BCUT2D eigenvalue weighted by molar-refractivity contribution is 0.586. The SMILES string of the molecule is [2H]C([2H])([2H])c1cc(-c2ccccc2)c(C)c(C(C)(C)C)c1. The van der Waals surface area contributed by atoms with Crippen LogP contribution in [0.25, 0.3) is 11.1 Å². The van der Waals surface area contributed by atoms with Crippen LogP contribution in [-0.4, -0.2) is 0 Å². The smallest absolute Gasteiger partial charge is 0.0280 e. The second-order valence-electron chi connectivity index (χ2n) is 5.81. The van der Waals surface area contributed by atoms with E-state index in [0.29, 0.717) is 5.56 Å². The van der Waals surface area contributed by atoms with Gasteiger partial charge < -0.3 is 0 Å². The van der Waals surface area contributed by atoms with E-state index in [1.165, 1.54) is 0 Å². The summed E-state index contributed by atoms with van der Waals surface area (Å²) >= 11 is 0. The second-order valence-corrected chi connectivity index (χ2v) is 5.81. The van der Waals surface area contributed by atoms with Crippen molar-refractivity contribution in [2.45, 2.75) is 40.0 Å². The van der Waals surface area contributed by atoms with Crippen LogP contribution in [0.3, 0.4) is 0 Å². The van der Waals surface area contributed by atoms with Crippen LogP contribution < -0.4 is 0 Å². The minimum atomic E-state index is -2.09.